The summed E-state index contributed by atoms with van der Waals surface area (Å²) in [5, 5.41) is 2.98. The normalized spacial score (nSPS) is 17.8. The second-order valence-electron chi connectivity index (χ2n) is 5.31. The lowest BCUT2D eigenvalue weighted by molar-refractivity contribution is -0.132. The Bertz CT molecular complexity index is 536. The zero-order valence-corrected chi connectivity index (χ0v) is 12.7. The molecule has 22 heavy (non-hydrogen) atoms. The summed E-state index contributed by atoms with van der Waals surface area (Å²) in [6, 6.07) is 7.30. The number of hydrogen-bond acceptors (Lipinski definition) is 4. The van der Waals surface area contributed by atoms with Gasteiger partial charge in [-0.05, 0) is 37.1 Å². The average molecular weight is 306 g/mol. The van der Waals surface area contributed by atoms with Crippen molar-refractivity contribution in [1.29, 1.82) is 0 Å². The van der Waals surface area contributed by atoms with Crippen molar-refractivity contribution in [2.75, 3.05) is 32.2 Å². The number of carbonyl (C=O) groups excluding carboxylic acids is 1. The first-order valence-electron chi connectivity index (χ1n) is 7.14. The molecule has 120 valence electrons. The fourth-order valence-corrected chi connectivity index (χ4v) is 2.34. The Hall–Kier alpha value is -2.28. The van der Waals surface area contributed by atoms with Crippen molar-refractivity contribution in [2.24, 2.45) is 21.9 Å². The van der Waals surface area contributed by atoms with Crippen molar-refractivity contribution < 1.29 is 14.3 Å². The van der Waals surface area contributed by atoms with Crippen molar-refractivity contribution in [1.82, 2.24) is 0 Å². The van der Waals surface area contributed by atoms with E-state index < -0.39 is 5.41 Å². The van der Waals surface area contributed by atoms with Crippen LogP contribution in [0.2, 0.25) is 0 Å². The second-order valence-corrected chi connectivity index (χ2v) is 5.31. The monoisotopic (exact) mass is 306 g/mol. The minimum atomic E-state index is -0.662. The van der Waals surface area contributed by atoms with Crippen molar-refractivity contribution in [3.63, 3.8) is 0 Å². The lowest BCUT2D eigenvalue weighted by atomic mass is 9.79. The average Bonchev–Trinajstić information content (AvgIpc) is 2.54. The fourth-order valence-electron chi connectivity index (χ4n) is 2.34. The molecule has 1 fully saturated rings. The number of rotatable bonds is 5. The molecule has 1 aliphatic heterocycles. The molecule has 0 atom stereocenters. The van der Waals surface area contributed by atoms with Crippen LogP contribution in [-0.2, 0) is 9.53 Å². The molecule has 1 heterocycles. The molecule has 0 unspecified atom stereocenters. The molecular formula is C15H22N4O3. The molecule has 1 aromatic carbocycles. The predicted octanol–water partition coefficient (Wildman–Crippen LogP) is 0.704. The lowest BCUT2D eigenvalue weighted by Crippen LogP contribution is -2.44. The minimum Gasteiger partial charge on any atom is -0.497 e. The van der Waals surface area contributed by atoms with E-state index >= 15 is 0 Å². The molecule has 2 rings (SSSR count). The van der Waals surface area contributed by atoms with Crippen molar-refractivity contribution in [3.05, 3.63) is 24.3 Å². The smallest absolute Gasteiger partial charge is 0.225 e. The van der Waals surface area contributed by atoms with E-state index in [-0.39, 0.29) is 18.4 Å². The number of carbonyl (C=O) groups is 1. The Morgan fingerprint density at radius 1 is 1.32 bits per heavy atom. The van der Waals surface area contributed by atoms with E-state index in [0.717, 1.165) is 11.4 Å². The molecule has 0 aromatic heterocycles. The molecule has 1 aromatic rings. The van der Waals surface area contributed by atoms with Gasteiger partial charge in [-0.2, -0.15) is 0 Å². The Morgan fingerprint density at radius 3 is 2.50 bits per heavy atom. The van der Waals surface area contributed by atoms with Crippen LogP contribution >= 0.6 is 0 Å². The van der Waals surface area contributed by atoms with Gasteiger partial charge in [0.2, 0.25) is 5.91 Å². The number of nitrogens with zero attached hydrogens (tertiary/aromatic N) is 1. The van der Waals surface area contributed by atoms with E-state index in [4.69, 9.17) is 20.9 Å². The van der Waals surface area contributed by atoms with Crippen LogP contribution in [0, 0.1) is 5.41 Å². The Morgan fingerprint density at radius 2 is 1.95 bits per heavy atom. The van der Waals surface area contributed by atoms with E-state index in [9.17, 15) is 4.79 Å². The quantitative estimate of drug-likeness (QED) is 0.548. The number of anilines is 1. The molecule has 7 heteroatoms. The highest BCUT2D eigenvalue weighted by Crippen LogP contribution is 2.30. The Kier molecular flexibility index (Phi) is 5.21. The number of aliphatic imine (C=N–C) groups is 1. The molecule has 1 amide bonds. The topological polar surface area (TPSA) is 112 Å². The summed E-state index contributed by atoms with van der Waals surface area (Å²) in [6.45, 7) is 1.30. The van der Waals surface area contributed by atoms with E-state index in [2.05, 4.69) is 10.3 Å². The molecule has 0 radical (unpaired) electrons. The van der Waals surface area contributed by atoms with E-state index in [1.54, 1.807) is 7.11 Å². The maximum atomic E-state index is 11.7. The number of ether oxygens (including phenoxy) is 2. The van der Waals surface area contributed by atoms with Crippen LogP contribution in [0.5, 0.6) is 5.75 Å². The molecule has 0 saturated carbocycles. The highest BCUT2D eigenvalue weighted by Gasteiger charge is 2.38. The van der Waals surface area contributed by atoms with Gasteiger partial charge in [0.25, 0.3) is 0 Å². The number of nitrogens with two attached hydrogens (primary N) is 2. The summed E-state index contributed by atoms with van der Waals surface area (Å²) in [5.74, 6) is 0.657. The number of hydrogen-bond donors (Lipinski definition) is 3. The van der Waals surface area contributed by atoms with Gasteiger partial charge in [-0.1, -0.05) is 0 Å². The molecule has 0 bridgehead atoms. The van der Waals surface area contributed by atoms with Gasteiger partial charge in [0.15, 0.2) is 5.96 Å². The molecule has 0 aliphatic carbocycles. The third-order valence-corrected chi connectivity index (χ3v) is 3.89. The number of primary amides is 1. The van der Waals surface area contributed by atoms with Crippen molar-refractivity contribution >= 4 is 17.6 Å². The molecule has 7 nitrogen and oxygen atoms in total. The van der Waals surface area contributed by atoms with E-state index in [1.165, 1.54) is 0 Å². The first-order chi connectivity index (χ1) is 10.6. The number of benzene rings is 1. The van der Waals surface area contributed by atoms with Gasteiger partial charge in [-0.25, -0.2) is 0 Å². The van der Waals surface area contributed by atoms with Crippen LogP contribution in [0.25, 0.3) is 0 Å². The minimum absolute atomic E-state index is 0.247. The first-order valence-corrected chi connectivity index (χ1v) is 7.14. The predicted molar refractivity (Wildman–Crippen MR) is 84.8 cm³/mol. The fraction of sp³-hybridized carbons (Fsp3) is 0.467. The molecule has 1 saturated heterocycles. The third kappa shape index (κ3) is 3.88. The summed E-state index contributed by atoms with van der Waals surface area (Å²) < 4.78 is 10.4. The molecule has 5 N–H and O–H groups in total. The van der Waals surface area contributed by atoms with Crippen molar-refractivity contribution in [2.45, 2.75) is 12.8 Å². The zero-order valence-electron chi connectivity index (χ0n) is 12.7. The summed E-state index contributed by atoms with van der Waals surface area (Å²) in [5.41, 5.74) is 11.5. The summed E-state index contributed by atoms with van der Waals surface area (Å²) in [7, 11) is 1.61. The van der Waals surface area contributed by atoms with E-state index in [1.807, 2.05) is 24.3 Å². The summed E-state index contributed by atoms with van der Waals surface area (Å²) in [6.07, 6.45) is 1.14. The van der Waals surface area contributed by atoms with Gasteiger partial charge in [-0.3, -0.25) is 9.79 Å². The number of guanidine groups is 1. The standard InChI is InChI=1S/C15H22N4O3/c1-21-12-4-2-11(3-5-12)19-14(17)18-10-15(13(16)20)6-8-22-9-7-15/h2-5H,6-10H2,1H3,(H2,16,20)(H3,17,18,19). The number of nitrogens with one attached hydrogen (secondary N) is 1. The van der Waals surface area contributed by atoms with Gasteiger partial charge >= 0.3 is 0 Å². The van der Waals surface area contributed by atoms with Gasteiger partial charge in [0.05, 0.1) is 19.1 Å². The highest BCUT2D eigenvalue weighted by atomic mass is 16.5. The van der Waals surface area contributed by atoms with Gasteiger partial charge < -0.3 is 26.3 Å². The maximum absolute atomic E-state index is 11.7. The van der Waals surface area contributed by atoms with Crippen LogP contribution in [0.1, 0.15) is 12.8 Å². The van der Waals surface area contributed by atoms with E-state index in [0.29, 0.717) is 26.1 Å². The summed E-state index contributed by atoms with van der Waals surface area (Å²) >= 11 is 0. The van der Waals surface area contributed by atoms with Crippen LogP contribution < -0.4 is 21.5 Å². The van der Waals surface area contributed by atoms with Gasteiger partial charge in [0.1, 0.15) is 5.75 Å². The SMILES string of the molecule is COc1ccc(NC(N)=NCC2(C(N)=O)CCOCC2)cc1. The van der Waals surface area contributed by atoms with Crippen molar-refractivity contribution in [3.8, 4) is 5.75 Å². The van der Waals surface area contributed by atoms with Crippen LogP contribution in [-0.4, -0.2) is 38.7 Å². The molecular weight excluding hydrogens is 284 g/mol. The zero-order chi connectivity index (χ0) is 16.0. The summed E-state index contributed by atoms with van der Waals surface area (Å²) in [4.78, 5) is 16.0. The van der Waals surface area contributed by atoms with Crippen LogP contribution in [0.15, 0.2) is 29.3 Å². The lowest BCUT2D eigenvalue weighted by Gasteiger charge is -2.32. The third-order valence-electron chi connectivity index (χ3n) is 3.89. The number of methoxy groups -OCH3 is 1. The van der Waals surface area contributed by atoms with Crippen LogP contribution in [0.4, 0.5) is 5.69 Å². The van der Waals surface area contributed by atoms with Gasteiger partial charge in [0, 0.05) is 18.9 Å². The maximum Gasteiger partial charge on any atom is 0.225 e. The van der Waals surface area contributed by atoms with Gasteiger partial charge in [-0.15, -0.1) is 0 Å². The highest BCUT2D eigenvalue weighted by molar-refractivity contribution is 5.92. The second kappa shape index (κ2) is 7.13. The van der Waals surface area contributed by atoms with Crippen LogP contribution in [0.3, 0.4) is 0 Å². The Labute approximate surface area is 129 Å². The number of amides is 1. The molecule has 0 spiro atoms. The first kappa shape index (κ1) is 16.1. The largest absolute Gasteiger partial charge is 0.497 e. The molecule has 1 aliphatic rings. The Balaban J connectivity index is 1.99.